The first-order valence-corrected chi connectivity index (χ1v) is 11.3. The van der Waals surface area contributed by atoms with Gasteiger partial charge < -0.3 is 9.64 Å². The Kier molecular flexibility index (Phi) is 8.62. The molecule has 1 atom stereocenters. The molecule has 0 aromatic carbocycles. The molecule has 2 bridgehead atoms. The van der Waals surface area contributed by atoms with Crippen LogP contribution >= 0.6 is 0 Å². The van der Waals surface area contributed by atoms with Gasteiger partial charge in [0.05, 0.1) is 25.2 Å². The van der Waals surface area contributed by atoms with Crippen LogP contribution in [-0.4, -0.2) is 65.9 Å². The van der Waals surface area contributed by atoms with Gasteiger partial charge in [0.25, 0.3) is 0 Å². The molecule has 0 unspecified atom stereocenters. The van der Waals surface area contributed by atoms with Crippen molar-refractivity contribution in [1.82, 2.24) is 15.5 Å². The lowest BCUT2D eigenvalue weighted by Gasteiger charge is -2.49. The maximum atomic E-state index is 13.2. The van der Waals surface area contributed by atoms with Crippen molar-refractivity contribution in [3.63, 3.8) is 0 Å². The summed E-state index contributed by atoms with van der Waals surface area (Å²) in [7, 11) is 0. The molecule has 7 heteroatoms. The van der Waals surface area contributed by atoms with Crippen molar-refractivity contribution in [3.8, 4) is 0 Å². The van der Waals surface area contributed by atoms with Crippen molar-refractivity contribution in [2.24, 2.45) is 5.92 Å². The summed E-state index contributed by atoms with van der Waals surface area (Å²) in [6.07, 6.45) is 8.08. The number of nitrogens with zero attached hydrogens (tertiary/aromatic N) is 1. The fourth-order valence-electron chi connectivity index (χ4n) is 4.33. The Bertz CT molecular complexity index is 653. The van der Waals surface area contributed by atoms with Crippen LogP contribution in [0, 0.1) is 5.92 Å². The zero-order chi connectivity index (χ0) is 22.4. The Morgan fingerprint density at radius 2 is 1.83 bits per heavy atom. The van der Waals surface area contributed by atoms with Crippen molar-refractivity contribution in [3.05, 3.63) is 12.2 Å². The fourth-order valence-corrected chi connectivity index (χ4v) is 4.33. The number of carbonyl (C=O) groups excluding carboxylic acids is 3. The first-order chi connectivity index (χ1) is 14.1. The van der Waals surface area contributed by atoms with Crippen molar-refractivity contribution in [1.29, 1.82) is 0 Å². The molecule has 0 aliphatic carbocycles. The van der Waals surface area contributed by atoms with Gasteiger partial charge in [0.2, 0.25) is 0 Å². The summed E-state index contributed by atoms with van der Waals surface area (Å²) >= 11 is 0. The number of amides is 1. The molecule has 3 aliphatic rings. The minimum Gasteiger partial charge on any atom is -0.445 e. The molecule has 0 saturated carbocycles. The third kappa shape index (κ3) is 6.14. The van der Waals surface area contributed by atoms with E-state index in [1.807, 2.05) is 46.8 Å². The first-order valence-electron chi connectivity index (χ1n) is 11.3. The molecule has 30 heavy (non-hydrogen) atoms. The highest BCUT2D eigenvalue weighted by Crippen LogP contribution is 2.26. The Hall–Kier alpha value is -1.73. The minimum absolute atomic E-state index is 0.0211. The molecular weight excluding hydrogens is 382 g/mol. The molecule has 2 N–H and O–H groups in total. The zero-order valence-corrected chi connectivity index (χ0v) is 19.3. The number of hydrogen-bond donors (Lipinski definition) is 2. The molecule has 7 nitrogen and oxygen atoms in total. The molecule has 0 aromatic rings. The minimum atomic E-state index is -0.800. The van der Waals surface area contributed by atoms with Crippen LogP contribution in [0.1, 0.15) is 66.7 Å². The lowest BCUT2D eigenvalue weighted by Crippen LogP contribution is -2.76. The summed E-state index contributed by atoms with van der Waals surface area (Å²) in [6.45, 7) is 10.6. The van der Waals surface area contributed by atoms with Crippen LogP contribution < -0.4 is 10.6 Å². The van der Waals surface area contributed by atoms with Crippen LogP contribution in [0.25, 0.3) is 0 Å². The number of hydrogen-bond acceptors (Lipinski definition) is 6. The molecular formula is C23H39N3O4. The maximum Gasteiger partial charge on any atom is 0.410 e. The van der Waals surface area contributed by atoms with E-state index in [1.54, 1.807) is 4.90 Å². The van der Waals surface area contributed by atoms with Gasteiger partial charge in [0, 0.05) is 12.0 Å². The molecule has 3 rings (SSSR count). The standard InChI is InChI=1S/C23H39N3O4/c1-17(2)20(28)22(5)12-10-8-6-7-9-11-13-30-21(29)26-15-23(16-26,25-18(3)4)19(27)14-24-22/h9,11,17-18,24-25H,6-8,10,12-16H2,1-5H3/t22-/m0/s1. The van der Waals surface area contributed by atoms with E-state index in [4.69, 9.17) is 4.74 Å². The second-order valence-corrected chi connectivity index (χ2v) is 9.51. The summed E-state index contributed by atoms with van der Waals surface area (Å²) in [5.41, 5.74) is -1.53. The fraction of sp³-hybridized carbons (Fsp3) is 0.783. The van der Waals surface area contributed by atoms with E-state index >= 15 is 0 Å². The van der Waals surface area contributed by atoms with Gasteiger partial charge in [-0.3, -0.25) is 20.2 Å². The first kappa shape index (κ1) is 24.5. The molecule has 0 spiro atoms. The molecule has 170 valence electrons. The van der Waals surface area contributed by atoms with Gasteiger partial charge >= 0.3 is 6.09 Å². The molecule has 0 radical (unpaired) electrons. The second-order valence-electron chi connectivity index (χ2n) is 9.51. The number of fused-ring (bicyclic) bond motifs is 12. The summed E-state index contributed by atoms with van der Waals surface area (Å²) < 4.78 is 5.29. The summed E-state index contributed by atoms with van der Waals surface area (Å²) in [5, 5.41) is 6.65. The topological polar surface area (TPSA) is 87.7 Å². The number of carbonyl (C=O) groups is 3. The van der Waals surface area contributed by atoms with Crippen molar-refractivity contribution < 1.29 is 19.1 Å². The molecule has 1 saturated heterocycles. The largest absolute Gasteiger partial charge is 0.445 e. The van der Waals surface area contributed by atoms with Gasteiger partial charge in [-0.15, -0.1) is 0 Å². The Balaban J connectivity index is 2.19. The number of ether oxygens (including phenoxy) is 1. The maximum absolute atomic E-state index is 13.2. The number of nitrogens with one attached hydrogen (secondary N) is 2. The van der Waals surface area contributed by atoms with Crippen LogP contribution in [0.2, 0.25) is 0 Å². The SMILES string of the molecule is CC(C)NC12CN(C1)C(=O)OCC=CCCCCC[C@@](C)(C(=O)C(C)C)NCC2=O. The molecule has 1 amide bonds. The van der Waals surface area contributed by atoms with Crippen molar-refractivity contribution >= 4 is 17.7 Å². The van der Waals surface area contributed by atoms with Gasteiger partial charge in [0.15, 0.2) is 11.6 Å². The van der Waals surface area contributed by atoms with Crippen LogP contribution in [0.15, 0.2) is 12.2 Å². The highest BCUT2D eigenvalue weighted by molar-refractivity contribution is 5.95. The van der Waals surface area contributed by atoms with Gasteiger partial charge in [-0.2, -0.15) is 0 Å². The Morgan fingerprint density at radius 1 is 1.13 bits per heavy atom. The quantitative estimate of drug-likeness (QED) is 0.679. The smallest absolute Gasteiger partial charge is 0.410 e. The predicted octanol–water partition coefficient (Wildman–Crippen LogP) is 2.84. The third-order valence-corrected chi connectivity index (χ3v) is 6.00. The van der Waals surface area contributed by atoms with E-state index in [0.717, 1.165) is 25.7 Å². The second kappa shape index (κ2) is 10.5. The van der Waals surface area contributed by atoms with E-state index in [2.05, 4.69) is 10.6 Å². The summed E-state index contributed by atoms with van der Waals surface area (Å²) in [6, 6.07) is 0.0906. The van der Waals surface area contributed by atoms with Gasteiger partial charge in [-0.25, -0.2) is 4.79 Å². The average Bonchev–Trinajstić information content (AvgIpc) is 2.65. The monoisotopic (exact) mass is 421 g/mol. The van der Waals surface area contributed by atoms with Crippen LogP contribution in [-0.2, 0) is 14.3 Å². The van der Waals surface area contributed by atoms with E-state index in [-0.39, 0.29) is 49.8 Å². The lowest BCUT2D eigenvalue weighted by molar-refractivity contribution is -0.133. The van der Waals surface area contributed by atoms with E-state index in [9.17, 15) is 14.4 Å². The van der Waals surface area contributed by atoms with Crippen molar-refractivity contribution in [2.75, 3.05) is 26.2 Å². The average molecular weight is 422 g/mol. The van der Waals surface area contributed by atoms with Gasteiger partial charge in [0.1, 0.15) is 12.1 Å². The van der Waals surface area contributed by atoms with E-state index in [0.29, 0.717) is 6.42 Å². The molecule has 0 aromatic heterocycles. The highest BCUT2D eigenvalue weighted by Gasteiger charge is 2.51. The number of rotatable bonds is 4. The molecule has 3 aliphatic heterocycles. The van der Waals surface area contributed by atoms with E-state index in [1.165, 1.54) is 0 Å². The van der Waals surface area contributed by atoms with Crippen molar-refractivity contribution in [2.45, 2.75) is 83.8 Å². The molecule has 3 heterocycles. The Labute approximate surface area is 181 Å². The number of ketones is 2. The van der Waals surface area contributed by atoms with E-state index < -0.39 is 17.2 Å². The number of Topliss-reactive ketones (excluding diaryl/α,β-unsaturated/α-hetero) is 2. The molecule has 1 fully saturated rings. The normalized spacial score (nSPS) is 29.5. The van der Waals surface area contributed by atoms with Gasteiger partial charge in [-0.1, -0.05) is 38.8 Å². The Morgan fingerprint density at radius 3 is 2.47 bits per heavy atom. The summed E-state index contributed by atoms with van der Waals surface area (Å²) in [4.78, 5) is 40.0. The zero-order valence-electron chi connectivity index (χ0n) is 19.3. The van der Waals surface area contributed by atoms with Crippen LogP contribution in [0.5, 0.6) is 0 Å². The number of allylic oxidation sites excluding steroid dienone is 1. The highest BCUT2D eigenvalue weighted by atomic mass is 16.6. The predicted molar refractivity (Wildman–Crippen MR) is 117 cm³/mol. The van der Waals surface area contributed by atoms with Crippen LogP contribution in [0.4, 0.5) is 4.79 Å². The van der Waals surface area contributed by atoms with Crippen LogP contribution in [0.3, 0.4) is 0 Å². The van der Waals surface area contributed by atoms with Gasteiger partial charge in [-0.05, 0) is 40.0 Å². The lowest BCUT2D eigenvalue weighted by atomic mass is 9.81. The summed E-state index contributed by atoms with van der Waals surface area (Å²) in [5.74, 6) is 0.0106. The third-order valence-electron chi connectivity index (χ3n) is 6.00.